The van der Waals surface area contributed by atoms with Crippen LogP contribution in [0.5, 0.6) is 5.75 Å². The number of rotatable bonds is 6. The van der Waals surface area contributed by atoms with Crippen molar-refractivity contribution >= 4 is 46.4 Å². The van der Waals surface area contributed by atoms with Crippen molar-refractivity contribution in [3.8, 4) is 5.75 Å². The Kier molecular flexibility index (Phi) is 6.06. The van der Waals surface area contributed by atoms with Crippen LogP contribution in [0.15, 0.2) is 12.1 Å². The van der Waals surface area contributed by atoms with E-state index in [-0.39, 0.29) is 34.4 Å². The molecule has 2 aliphatic carbocycles. The minimum absolute atomic E-state index is 0.0230. The van der Waals surface area contributed by atoms with Gasteiger partial charge in [0.25, 0.3) is 5.91 Å². The second-order valence-electron chi connectivity index (χ2n) is 7.16. The van der Waals surface area contributed by atoms with Gasteiger partial charge in [-0.05, 0) is 42.5 Å². The number of hydrogen-bond donors (Lipinski definition) is 1. The van der Waals surface area contributed by atoms with E-state index in [0.29, 0.717) is 29.5 Å². The van der Waals surface area contributed by atoms with Crippen molar-refractivity contribution in [3.63, 3.8) is 0 Å². The summed E-state index contributed by atoms with van der Waals surface area (Å²) in [6, 6.07) is 1.57. The molecule has 1 aromatic rings. The third-order valence-corrected chi connectivity index (χ3v) is 6.04. The van der Waals surface area contributed by atoms with E-state index in [0.717, 1.165) is 0 Å². The number of halogens is 5. The summed E-state index contributed by atoms with van der Waals surface area (Å²) in [4.78, 5) is 34.1. The van der Waals surface area contributed by atoms with E-state index in [1.807, 2.05) is 0 Å². The first-order valence-electron chi connectivity index (χ1n) is 8.86. The quantitative estimate of drug-likeness (QED) is 0.646. The van der Waals surface area contributed by atoms with Gasteiger partial charge in [0, 0.05) is 17.4 Å². The van der Waals surface area contributed by atoms with Gasteiger partial charge in [-0.3, -0.25) is 9.59 Å². The first-order valence-corrected chi connectivity index (χ1v) is 9.61. The van der Waals surface area contributed by atoms with Crippen molar-refractivity contribution in [1.82, 2.24) is 0 Å². The zero-order chi connectivity index (χ0) is 22.3. The molecule has 0 aliphatic heterocycles. The first-order chi connectivity index (χ1) is 13.9. The minimum Gasteiger partial charge on any atom is -0.482 e. The Morgan fingerprint density at radius 3 is 2.57 bits per heavy atom. The highest BCUT2D eigenvalue weighted by Crippen LogP contribution is 2.57. The molecule has 2 N–H and O–H groups in total. The summed E-state index contributed by atoms with van der Waals surface area (Å²) in [6.45, 7) is -0.900. The number of hydrogen-bond acceptors (Lipinski definition) is 5. The lowest BCUT2D eigenvalue weighted by molar-refractivity contribution is -0.200. The Morgan fingerprint density at radius 2 is 1.93 bits per heavy atom. The SMILES string of the molecule is NC(=O)COc1cc2c(c(Cl)c1Cl)C1=CC(=O)CCC1(CCOC(=O)C(F)(F)F)C2. The predicted octanol–water partition coefficient (Wildman–Crippen LogP) is 3.64. The van der Waals surface area contributed by atoms with Gasteiger partial charge in [0.05, 0.1) is 11.6 Å². The largest absolute Gasteiger partial charge is 0.490 e. The highest BCUT2D eigenvalue weighted by Gasteiger charge is 2.47. The molecule has 162 valence electrons. The minimum atomic E-state index is -5.08. The van der Waals surface area contributed by atoms with Crippen molar-refractivity contribution < 1.29 is 37.0 Å². The molecule has 0 spiro atoms. The van der Waals surface area contributed by atoms with Crippen LogP contribution in [0.4, 0.5) is 13.2 Å². The number of ether oxygens (including phenoxy) is 2. The summed E-state index contributed by atoms with van der Waals surface area (Å²) in [5.74, 6) is -3.01. The van der Waals surface area contributed by atoms with Crippen LogP contribution in [-0.4, -0.2) is 37.0 Å². The van der Waals surface area contributed by atoms with Gasteiger partial charge in [0.1, 0.15) is 10.8 Å². The molecule has 3 rings (SSSR count). The fourth-order valence-corrected chi connectivity index (χ4v) is 4.39. The number of allylic oxidation sites excluding steroid dienone is 2. The van der Waals surface area contributed by atoms with Crippen molar-refractivity contribution in [3.05, 3.63) is 33.3 Å². The zero-order valence-electron chi connectivity index (χ0n) is 15.4. The topological polar surface area (TPSA) is 95.7 Å². The van der Waals surface area contributed by atoms with Crippen LogP contribution < -0.4 is 10.5 Å². The molecule has 0 saturated heterocycles. The Bertz CT molecular complexity index is 960. The fourth-order valence-electron chi connectivity index (χ4n) is 3.88. The molecule has 2 aliphatic rings. The molecular weight excluding hydrogens is 450 g/mol. The lowest BCUT2D eigenvalue weighted by atomic mass is 9.70. The highest BCUT2D eigenvalue weighted by atomic mass is 35.5. The standard InChI is InChI=1S/C19H16Cl2F3NO5/c20-15-12(30-8-13(25)27)5-9-7-18(3-4-29-17(28)19(22,23)24)2-1-10(26)6-11(18)14(9)16(15)21/h5-6H,1-4,7-8H2,(H2,25,27). The predicted molar refractivity (Wildman–Crippen MR) is 101 cm³/mol. The number of carbonyl (C=O) groups is 3. The third kappa shape index (κ3) is 4.27. The van der Waals surface area contributed by atoms with Gasteiger partial charge in [-0.1, -0.05) is 23.2 Å². The van der Waals surface area contributed by atoms with Gasteiger partial charge >= 0.3 is 12.1 Å². The molecule has 1 atom stereocenters. The molecular formula is C19H16Cl2F3NO5. The van der Waals surface area contributed by atoms with E-state index in [9.17, 15) is 27.6 Å². The average Bonchev–Trinajstić information content (AvgIpc) is 2.96. The van der Waals surface area contributed by atoms with Gasteiger partial charge in [0.15, 0.2) is 12.4 Å². The monoisotopic (exact) mass is 465 g/mol. The van der Waals surface area contributed by atoms with Crippen molar-refractivity contribution in [2.24, 2.45) is 11.1 Å². The summed E-state index contributed by atoms with van der Waals surface area (Å²) >= 11 is 12.7. The van der Waals surface area contributed by atoms with E-state index in [1.54, 1.807) is 6.07 Å². The second-order valence-corrected chi connectivity index (χ2v) is 7.91. The molecule has 0 bridgehead atoms. The molecule has 1 unspecified atom stereocenters. The summed E-state index contributed by atoms with van der Waals surface area (Å²) in [7, 11) is 0. The summed E-state index contributed by atoms with van der Waals surface area (Å²) < 4.78 is 46.9. The van der Waals surface area contributed by atoms with E-state index < -0.39 is 36.7 Å². The van der Waals surface area contributed by atoms with Crippen molar-refractivity contribution in [2.75, 3.05) is 13.2 Å². The third-order valence-electron chi connectivity index (χ3n) is 5.19. The smallest absolute Gasteiger partial charge is 0.482 e. The number of carbonyl (C=O) groups excluding carboxylic acids is 3. The maximum atomic E-state index is 12.4. The Balaban J connectivity index is 1.92. The van der Waals surface area contributed by atoms with E-state index >= 15 is 0 Å². The Morgan fingerprint density at radius 1 is 1.23 bits per heavy atom. The molecule has 0 fully saturated rings. The van der Waals surface area contributed by atoms with E-state index in [1.165, 1.54) is 6.08 Å². The van der Waals surface area contributed by atoms with Crippen LogP contribution >= 0.6 is 23.2 Å². The molecule has 1 aromatic carbocycles. The molecule has 30 heavy (non-hydrogen) atoms. The van der Waals surface area contributed by atoms with Crippen molar-refractivity contribution in [2.45, 2.75) is 31.9 Å². The molecule has 11 heteroatoms. The molecule has 1 amide bonds. The van der Waals surface area contributed by atoms with Crippen molar-refractivity contribution in [1.29, 1.82) is 0 Å². The molecule has 0 radical (unpaired) electrons. The fraction of sp³-hybridized carbons (Fsp3) is 0.421. The molecule has 0 heterocycles. The lowest BCUT2D eigenvalue weighted by Gasteiger charge is -2.33. The summed E-state index contributed by atoms with van der Waals surface area (Å²) in [6.07, 6.45) is -2.74. The first kappa shape index (κ1) is 22.4. The normalized spacial score (nSPS) is 20.3. The van der Waals surface area contributed by atoms with Crippen LogP contribution in [0, 0.1) is 5.41 Å². The average molecular weight is 466 g/mol. The zero-order valence-corrected chi connectivity index (χ0v) is 16.9. The van der Waals surface area contributed by atoms with Gasteiger partial charge in [0.2, 0.25) is 0 Å². The number of ketones is 1. The van der Waals surface area contributed by atoms with Crippen LogP contribution in [0.2, 0.25) is 10.0 Å². The number of benzene rings is 1. The number of esters is 1. The van der Waals surface area contributed by atoms with Gasteiger partial charge in [-0.2, -0.15) is 13.2 Å². The number of primary amides is 1. The number of alkyl halides is 3. The number of fused-ring (bicyclic) bond motifs is 3. The van der Waals surface area contributed by atoms with Gasteiger partial charge < -0.3 is 15.2 Å². The number of nitrogens with two attached hydrogens (primary N) is 1. The Hall–Kier alpha value is -2.26. The molecule has 6 nitrogen and oxygen atoms in total. The van der Waals surface area contributed by atoms with Crippen LogP contribution in [0.3, 0.4) is 0 Å². The molecule has 0 aromatic heterocycles. The Labute approximate surface area is 179 Å². The summed E-state index contributed by atoms with van der Waals surface area (Å²) in [5, 5.41) is 0.124. The van der Waals surface area contributed by atoms with E-state index in [4.69, 9.17) is 33.7 Å². The van der Waals surface area contributed by atoms with Gasteiger partial charge in [-0.15, -0.1) is 0 Å². The maximum Gasteiger partial charge on any atom is 0.490 e. The highest BCUT2D eigenvalue weighted by molar-refractivity contribution is 6.44. The van der Waals surface area contributed by atoms with Gasteiger partial charge in [-0.25, -0.2) is 4.79 Å². The molecule has 0 saturated carbocycles. The van der Waals surface area contributed by atoms with Crippen LogP contribution in [0.1, 0.15) is 30.4 Å². The summed E-state index contributed by atoms with van der Waals surface area (Å²) in [5.41, 5.74) is 6.04. The second kappa shape index (κ2) is 8.11. The van der Waals surface area contributed by atoms with E-state index in [2.05, 4.69) is 4.74 Å². The lowest BCUT2D eigenvalue weighted by Crippen LogP contribution is -2.30. The maximum absolute atomic E-state index is 12.4. The van der Waals surface area contributed by atoms with Crippen LogP contribution in [0.25, 0.3) is 5.57 Å². The number of amides is 1. The van der Waals surface area contributed by atoms with Crippen LogP contribution in [-0.2, 0) is 25.5 Å².